The Morgan fingerprint density at radius 1 is 0.442 bits per heavy atom. The number of carbonyl (C=O) groups is 1. The lowest BCUT2D eigenvalue weighted by Crippen LogP contribution is -2.37. The SMILES string of the molecule is CN(CCO)CCc1cc(Nc2[nH]nc3ncc(F)cc23)nc(-c2ccccc2Cl)n1.COC(=O)C1CCN(CCc2cc(Nc3[nH]nc4ncc(F)cc34)nc(-c3ccccc3Cl)n2)CC1.Fc1cnc2n[nH]c(Nc3cc(CCN4CCCC4)nc(-c4ccccc4Cl)n3)c2c1.Fc1cnc2n[nH]c(Nc3cc(CCN4CCSC4)nc(-c4ccccc4Cl)n3)c2c1. The molecule has 0 aliphatic carbocycles. The third-order valence-electron chi connectivity index (χ3n) is 21.5. The van der Waals surface area contributed by atoms with Crippen LogP contribution in [0.4, 0.5) is 64.1 Å². The lowest BCUT2D eigenvalue weighted by atomic mass is 9.97. The van der Waals surface area contributed by atoms with Gasteiger partial charge in [0.2, 0.25) is 0 Å². The van der Waals surface area contributed by atoms with Crippen LogP contribution in [0.25, 0.3) is 89.7 Å². The van der Waals surface area contributed by atoms with Gasteiger partial charge in [0, 0.05) is 146 Å². The first-order chi connectivity index (χ1) is 62.8. The lowest BCUT2D eigenvalue weighted by Gasteiger charge is -2.30. The van der Waals surface area contributed by atoms with Crippen LogP contribution in [0, 0.1) is 29.2 Å². The Labute approximate surface area is 760 Å². The van der Waals surface area contributed by atoms with Crippen LogP contribution in [0.5, 0.6) is 0 Å². The molecule has 0 saturated carbocycles. The number of aromatic nitrogens is 20. The van der Waals surface area contributed by atoms with Gasteiger partial charge in [-0.3, -0.25) is 30.1 Å². The number of hydrogen-bond acceptors (Lipinski definition) is 28. The number of likely N-dealkylation sites (N-methyl/N-ethyl adjacent to an activating group) is 1. The number of H-pyrrole nitrogens is 4. The molecule has 129 heavy (non-hydrogen) atoms. The van der Waals surface area contributed by atoms with Crippen molar-refractivity contribution in [2.24, 2.45) is 5.92 Å². The van der Waals surface area contributed by atoms with E-state index in [9.17, 15) is 22.4 Å². The van der Waals surface area contributed by atoms with Gasteiger partial charge in [-0.2, -0.15) is 20.4 Å². The first-order valence-electron chi connectivity index (χ1n) is 41.5. The van der Waals surface area contributed by atoms with Gasteiger partial charge >= 0.3 is 5.97 Å². The van der Waals surface area contributed by atoms with Gasteiger partial charge < -0.3 is 45.8 Å². The van der Waals surface area contributed by atoms with Crippen LogP contribution in [0.3, 0.4) is 0 Å². The average Bonchev–Trinajstić information content (AvgIpc) is 1.69. The first-order valence-corrected chi connectivity index (χ1v) is 44.2. The zero-order valence-corrected chi connectivity index (χ0v) is 73.6. The molecule has 3 aliphatic rings. The molecule has 662 valence electrons. The maximum atomic E-state index is 13.8. The Morgan fingerprint density at radius 3 is 1.07 bits per heavy atom. The summed E-state index contributed by atoms with van der Waals surface area (Å²) in [5.41, 5.74) is 8.02. The second kappa shape index (κ2) is 42.5. The van der Waals surface area contributed by atoms with Gasteiger partial charge in [-0.05, 0) is 132 Å². The van der Waals surface area contributed by atoms with Gasteiger partial charge in [-0.1, -0.05) is 94.9 Å². The summed E-state index contributed by atoms with van der Waals surface area (Å²) in [4.78, 5) is 74.6. The van der Waals surface area contributed by atoms with Gasteiger partial charge in [0.1, 0.15) is 69.8 Å². The van der Waals surface area contributed by atoms with E-state index >= 15 is 0 Å². The van der Waals surface area contributed by atoms with E-state index in [1.54, 1.807) is 12.1 Å². The van der Waals surface area contributed by atoms with Crippen LogP contribution in [-0.4, -0.2) is 229 Å². The van der Waals surface area contributed by atoms with Crippen LogP contribution < -0.4 is 21.3 Å². The Bertz CT molecular complexity index is 6410. The van der Waals surface area contributed by atoms with Crippen molar-refractivity contribution in [2.45, 2.75) is 51.4 Å². The van der Waals surface area contributed by atoms with E-state index < -0.39 is 23.3 Å². The summed E-state index contributed by atoms with van der Waals surface area (Å²) in [7, 11) is 3.37. The topological polar surface area (TPSA) is 377 Å². The number of ether oxygens (including phenoxy) is 1. The third-order valence-corrected chi connectivity index (χ3v) is 23.9. The number of nitrogens with one attached hydrogen (secondary N) is 8. The Morgan fingerprint density at radius 2 is 0.760 bits per heavy atom. The van der Waals surface area contributed by atoms with E-state index in [1.165, 1.54) is 50.0 Å². The van der Waals surface area contributed by atoms with Crippen molar-refractivity contribution in [2.75, 3.05) is 119 Å². The molecule has 0 atom stereocenters. The summed E-state index contributed by atoms with van der Waals surface area (Å²) >= 11 is 27.6. The molecule has 0 amide bonds. The number of fused-ring (bicyclic) bond motifs is 4. The van der Waals surface area contributed by atoms with Gasteiger partial charge in [0.15, 0.2) is 45.9 Å². The van der Waals surface area contributed by atoms with Gasteiger partial charge in [0.25, 0.3) is 0 Å². The summed E-state index contributed by atoms with van der Waals surface area (Å²) in [5, 5.41) is 54.2. The molecule has 0 radical (unpaired) electrons. The van der Waals surface area contributed by atoms with Crippen molar-refractivity contribution in [3.63, 3.8) is 0 Å². The number of aliphatic hydroxyl groups excluding tert-OH is 1. The van der Waals surface area contributed by atoms with E-state index in [0.717, 1.165) is 143 Å². The molecule has 0 spiro atoms. The number of likely N-dealkylation sites (tertiary alicyclic amines) is 2. The number of methoxy groups -OCH3 is 1. The van der Waals surface area contributed by atoms with Crippen molar-refractivity contribution in [3.8, 4) is 45.6 Å². The molecule has 16 aromatic rings. The minimum atomic E-state index is -0.456. The van der Waals surface area contributed by atoms with Crippen LogP contribution in [0.1, 0.15) is 48.5 Å². The van der Waals surface area contributed by atoms with Gasteiger partial charge in [-0.25, -0.2) is 77.4 Å². The molecule has 3 saturated heterocycles. The van der Waals surface area contributed by atoms with Crippen LogP contribution in [-0.2, 0) is 35.2 Å². The molecule has 3 fully saturated rings. The predicted octanol–water partition coefficient (Wildman–Crippen LogP) is 16.9. The fraction of sp³-hybridized carbons (Fsp3) is 0.270. The Balaban J connectivity index is 0.000000126. The molecule has 19 rings (SSSR count). The number of halogens is 8. The highest BCUT2D eigenvalue weighted by Gasteiger charge is 2.27. The number of nitrogens with zero attached hydrogens (tertiary/aromatic N) is 20. The second-order valence-corrected chi connectivity index (χ2v) is 33.3. The van der Waals surface area contributed by atoms with Gasteiger partial charge in [-0.15, -0.1) is 11.8 Å². The van der Waals surface area contributed by atoms with Gasteiger partial charge in [0.05, 0.1) is 86.1 Å². The molecular formula is C89H86Cl4F4N28O3S. The van der Waals surface area contributed by atoms with E-state index in [-0.39, 0.29) is 18.5 Å². The number of benzene rings is 4. The average molecular weight is 1850 g/mol. The van der Waals surface area contributed by atoms with Crippen LogP contribution >= 0.6 is 58.2 Å². The number of anilines is 8. The summed E-state index contributed by atoms with van der Waals surface area (Å²) in [6, 6.07) is 42.7. The molecule has 4 aromatic carbocycles. The fourth-order valence-electron chi connectivity index (χ4n) is 14.8. The van der Waals surface area contributed by atoms with Crippen LogP contribution in [0.2, 0.25) is 20.1 Å². The molecule has 40 heteroatoms. The number of thioether (sulfide) groups is 1. The minimum absolute atomic E-state index is 0.0310. The molecular weight excluding hydrogens is 1760 g/mol. The molecule has 3 aliphatic heterocycles. The quantitative estimate of drug-likeness (QED) is 0.0170. The molecule has 9 N–H and O–H groups in total. The van der Waals surface area contributed by atoms with Crippen molar-refractivity contribution in [1.29, 1.82) is 0 Å². The molecule has 15 heterocycles. The van der Waals surface area contributed by atoms with Crippen molar-refractivity contribution in [1.82, 2.24) is 120 Å². The van der Waals surface area contributed by atoms with Crippen LogP contribution in [0.15, 0.2) is 170 Å². The number of rotatable bonds is 27. The third kappa shape index (κ3) is 23.3. The smallest absolute Gasteiger partial charge is 0.308 e. The maximum absolute atomic E-state index is 13.8. The second-order valence-electron chi connectivity index (χ2n) is 30.6. The molecule has 12 aromatic heterocycles. The maximum Gasteiger partial charge on any atom is 0.308 e. The molecule has 31 nitrogen and oxygen atoms in total. The standard InChI is InChI=1S/C25H25ClFN7O2.C22H21ClFN7.C21H21ClFN7O.C21H19ClFN7S/c1-36-25(35)15-6-9-34(10-7-15)11-8-17-13-21(30-23(29-17)18-4-2-3-5-20(18)26)31-24-19-12-16(27)14-28-22(19)32-33-24;23-18-6-2-1-5-16(18)21-26-15(7-10-31-8-3-4-9-31)12-19(27-21)28-22-17-11-14(24)13-25-20(17)29-30-22;1-30(8-9-31)7-6-14-11-18(26-20(25-14)15-4-2-3-5-17(15)22)27-21-16-10-13(23)12-24-19(16)28-29-21;22-17-4-2-1-3-15(17)20-25-14(5-6-30-7-8-31-12-30)10-18(26-20)27-21-16-9-13(23)11-24-19(16)28-29-21/h2-5,12-15H,6-11H2,1H3,(H2,28,29,30,31,32,33);1-2,5-6,11-13H,3-4,7-10H2,(H2,25,26,27,28,29,30);2-5,10-12,31H,6-9H2,1H3,(H2,24,25,26,27,28,29);1-4,9-11H,5-8,12H2,(H2,24,25,26,27,28,29). The number of aliphatic hydroxyl groups is 1. The highest BCUT2D eigenvalue weighted by molar-refractivity contribution is 7.99. The Hall–Kier alpha value is -12.6. The fourth-order valence-corrected chi connectivity index (χ4v) is 16.7. The number of piperidine rings is 1. The Kier molecular flexibility index (Phi) is 29.6. The summed E-state index contributed by atoms with van der Waals surface area (Å²) in [5.74, 6) is 6.52. The van der Waals surface area contributed by atoms with E-state index in [0.29, 0.717) is 171 Å². The number of esters is 1. The summed E-state index contributed by atoms with van der Waals surface area (Å²) in [6.07, 6.45) is 11.5. The van der Waals surface area contributed by atoms with E-state index in [2.05, 4.69) is 122 Å². The summed E-state index contributed by atoms with van der Waals surface area (Å²) < 4.78 is 59.7. The minimum Gasteiger partial charge on any atom is -0.469 e. The normalized spacial score (nSPS) is 13.8. The monoisotopic (exact) mass is 1840 g/mol. The van der Waals surface area contributed by atoms with E-state index in [4.69, 9.17) is 71.2 Å². The predicted molar refractivity (Wildman–Crippen MR) is 494 cm³/mol. The lowest BCUT2D eigenvalue weighted by molar-refractivity contribution is -0.147. The van der Waals surface area contributed by atoms with Crippen molar-refractivity contribution < 1.29 is 32.2 Å². The van der Waals surface area contributed by atoms with Crippen molar-refractivity contribution >= 4 is 155 Å². The number of hydrogen-bond donors (Lipinski definition) is 9. The zero-order chi connectivity index (χ0) is 89.3. The first kappa shape index (κ1) is 89.8. The molecule has 0 unspecified atom stereocenters. The number of aromatic amines is 4. The highest BCUT2D eigenvalue weighted by atomic mass is 35.5. The largest absolute Gasteiger partial charge is 0.469 e. The summed E-state index contributed by atoms with van der Waals surface area (Å²) in [6.45, 7) is 9.04. The highest BCUT2D eigenvalue weighted by Crippen LogP contribution is 2.36. The molecule has 0 bridgehead atoms. The van der Waals surface area contributed by atoms with Crippen molar-refractivity contribution in [3.05, 3.63) is 237 Å². The zero-order valence-electron chi connectivity index (χ0n) is 69.7. The van der Waals surface area contributed by atoms with E-state index in [1.807, 2.05) is 133 Å². The number of carbonyl (C=O) groups excluding carboxylic acids is 1. The number of pyridine rings is 4.